The molecule has 0 unspecified atom stereocenters. The normalized spacial score (nSPS) is 11.5. The summed E-state index contributed by atoms with van der Waals surface area (Å²) < 4.78 is 101. The Morgan fingerprint density at radius 2 is 1.24 bits per heavy atom. The topological polar surface area (TPSA) is 180 Å². The van der Waals surface area contributed by atoms with Crippen LogP contribution < -0.4 is 16.7 Å². The molecule has 0 spiro atoms. The van der Waals surface area contributed by atoms with Crippen molar-refractivity contribution in [2.75, 3.05) is 0 Å². The van der Waals surface area contributed by atoms with E-state index >= 15 is 0 Å². The first kappa shape index (κ1) is 30.6. The van der Waals surface area contributed by atoms with E-state index in [1.54, 1.807) is 37.3 Å². The molecule has 0 aliphatic carbocycles. The van der Waals surface area contributed by atoms with Crippen LogP contribution >= 0.6 is 0 Å². The van der Waals surface area contributed by atoms with E-state index in [4.69, 9.17) is 17.5 Å². The largest absolute Gasteiger partial charge is 0.501 e. The summed E-state index contributed by atoms with van der Waals surface area (Å²) >= 11 is 0. The quantitative estimate of drug-likeness (QED) is 0.326. The summed E-state index contributed by atoms with van der Waals surface area (Å²) in [6.45, 7) is 7.10. The van der Waals surface area contributed by atoms with E-state index in [1.165, 1.54) is 36.4 Å². The van der Waals surface area contributed by atoms with Gasteiger partial charge in [0.1, 0.15) is 11.5 Å². The first-order valence-corrected chi connectivity index (χ1v) is 14.6. The molecule has 0 saturated heterocycles. The minimum absolute atomic E-state index is 0.0297. The molecule has 0 amide bonds. The summed E-state index contributed by atoms with van der Waals surface area (Å²) in [4.78, 5) is 0. The Morgan fingerprint density at radius 3 is 1.74 bits per heavy atom. The van der Waals surface area contributed by atoms with Crippen LogP contribution in [0, 0.1) is 6.92 Å². The average Bonchev–Trinajstić information content (AvgIpc) is 2.80. The lowest BCUT2D eigenvalue weighted by Gasteiger charge is -2.11. The summed E-state index contributed by atoms with van der Waals surface area (Å²) in [6, 6.07) is 16.2. The summed E-state index contributed by atoms with van der Waals surface area (Å²) in [7, 11) is -13.8. The fourth-order valence-electron chi connectivity index (χ4n) is 2.67. The van der Waals surface area contributed by atoms with Crippen LogP contribution in [0.5, 0.6) is 23.0 Å². The van der Waals surface area contributed by atoms with Crippen molar-refractivity contribution in [2.45, 2.75) is 20.3 Å². The van der Waals surface area contributed by atoms with Gasteiger partial charge in [0.25, 0.3) is 0 Å². The molecule has 0 fully saturated rings. The van der Waals surface area contributed by atoms with Crippen molar-refractivity contribution in [3.05, 3.63) is 90.0 Å². The van der Waals surface area contributed by atoms with Gasteiger partial charge in [0.2, 0.25) is 0 Å². The van der Waals surface area contributed by atoms with Crippen LogP contribution in [-0.4, -0.2) is 34.4 Å². The Hall–Kier alpha value is -3.63. The van der Waals surface area contributed by atoms with E-state index in [1.807, 2.05) is 6.92 Å². The highest BCUT2D eigenvalue weighted by Crippen LogP contribution is 2.31. The summed E-state index contributed by atoms with van der Waals surface area (Å²) in [5.41, 5.74) is 2.40. The van der Waals surface area contributed by atoms with E-state index in [0.29, 0.717) is 5.56 Å². The van der Waals surface area contributed by atoms with Gasteiger partial charge in [-0.1, -0.05) is 49.9 Å². The maximum Gasteiger partial charge on any atom is 0.501 e. The van der Waals surface area contributed by atoms with Crippen molar-refractivity contribution >= 4 is 37.3 Å². The minimum Gasteiger partial charge on any atom is -0.362 e. The highest BCUT2D eigenvalue weighted by molar-refractivity contribution is 7.82. The first-order chi connectivity index (χ1) is 17.6. The molecule has 0 bridgehead atoms. The second kappa shape index (κ2) is 12.7. The number of aryl methyl sites for hydroxylation is 2. The van der Waals surface area contributed by atoms with Crippen molar-refractivity contribution in [2.24, 2.45) is 0 Å². The number of hydrogen-bond acceptors (Lipinski definition) is 10. The number of benzene rings is 3. The fraction of sp³-hybridized carbons (Fsp3) is 0.130. The summed E-state index contributed by atoms with van der Waals surface area (Å²) in [5.74, 6) is -0.848. The van der Waals surface area contributed by atoms with Gasteiger partial charge in [-0.25, -0.2) is 0 Å². The second-order valence-electron chi connectivity index (χ2n) is 7.32. The van der Waals surface area contributed by atoms with Crippen LogP contribution in [0.15, 0.2) is 73.3 Å². The van der Waals surface area contributed by atoms with Crippen LogP contribution in [0.1, 0.15) is 23.6 Å². The van der Waals surface area contributed by atoms with Crippen LogP contribution in [0.4, 0.5) is 0 Å². The molecular formula is C23H24O12S3. The van der Waals surface area contributed by atoms with E-state index in [2.05, 4.69) is 14.9 Å². The molecule has 12 nitrogen and oxygen atoms in total. The monoisotopic (exact) mass is 588 g/mol. The molecule has 15 heteroatoms. The van der Waals surface area contributed by atoms with E-state index in [9.17, 15) is 25.3 Å². The molecule has 0 aromatic heterocycles. The van der Waals surface area contributed by atoms with Crippen LogP contribution in [-0.2, 0) is 37.6 Å². The molecule has 2 N–H and O–H groups in total. The lowest BCUT2D eigenvalue weighted by atomic mass is 10.2. The molecule has 0 radical (unpaired) electrons. The maximum atomic E-state index is 12.0. The highest BCUT2D eigenvalue weighted by atomic mass is 32.3. The fourth-order valence-corrected chi connectivity index (χ4v) is 4.12. The standard InChI is InChI=1S/C15H16O8S2.C8H8O4S/c1-3-12-5-7-13(8-6-12)21-25(19,20)23-15-10-11(2)4-9-14(15)22-24(16,17)18;1-2-7-3-5-8(6-4-7)12-13(9,10)11/h4-10H,3H2,1-2H3,(H,16,17,18);2-6H,1H2,(H,9,10,11). The van der Waals surface area contributed by atoms with Gasteiger partial charge < -0.3 is 16.7 Å². The average molecular weight is 589 g/mol. The van der Waals surface area contributed by atoms with E-state index < -0.39 is 42.7 Å². The first-order valence-electron chi connectivity index (χ1n) is 10.5. The van der Waals surface area contributed by atoms with Crippen LogP contribution in [0.3, 0.4) is 0 Å². The summed E-state index contributed by atoms with van der Waals surface area (Å²) in [5, 5.41) is 0. The third kappa shape index (κ3) is 11.2. The second-order valence-corrected chi connectivity index (χ2v) is 10.5. The Kier molecular flexibility index (Phi) is 10.3. The van der Waals surface area contributed by atoms with E-state index in [-0.39, 0.29) is 11.5 Å². The molecule has 3 rings (SSSR count). The molecule has 0 atom stereocenters. The predicted molar refractivity (Wildman–Crippen MR) is 138 cm³/mol. The van der Waals surface area contributed by atoms with E-state index in [0.717, 1.165) is 23.6 Å². The van der Waals surface area contributed by atoms with Crippen molar-refractivity contribution in [1.29, 1.82) is 0 Å². The zero-order valence-electron chi connectivity index (χ0n) is 20.0. The lowest BCUT2D eigenvalue weighted by Crippen LogP contribution is -2.17. The molecule has 206 valence electrons. The van der Waals surface area contributed by atoms with Crippen molar-refractivity contribution in [3.63, 3.8) is 0 Å². The Bertz CT molecular complexity index is 1560. The van der Waals surface area contributed by atoms with Gasteiger partial charge in [-0.05, 0) is 66.4 Å². The smallest absolute Gasteiger partial charge is 0.362 e. The summed E-state index contributed by atoms with van der Waals surface area (Å²) in [6.07, 6.45) is 2.39. The van der Waals surface area contributed by atoms with Gasteiger partial charge in [0.15, 0.2) is 11.5 Å². The molecule has 0 aliphatic heterocycles. The molecule has 0 aliphatic rings. The predicted octanol–water partition coefficient (Wildman–Crippen LogP) is 3.95. The maximum absolute atomic E-state index is 12.0. The van der Waals surface area contributed by atoms with Crippen molar-refractivity contribution in [3.8, 4) is 23.0 Å². The van der Waals surface area contributed by atoms with Gasteiger partial charge >= 0.3 is 31.2 Å². The van der Waals surface area contributed by atoms with Crippen molar-refractivity contribution < 1.29 is 51.1 Å². The third-order valence-corrected chi connectivity index (χ3v) is 5.91. The molecule has 3 aromatic carbocycles. The Balaban J connectivity index is 0.000000328. The molecule has 0 heterocycles. The SMILES string of the molecule is C=Cc1ccc(OS(=O)(=O)O)cc1.CCc1ccc(OS(=O)(=O)Oc2cc(C)ccc2OS(=O)(=O)O)cc1. The van der Waals surface area contributed by atoms with Gasteiger partial charge in [-0.2, -0.15) is 16.8 Å². The third-order valence-electron chi connectivity index (χ3n) is 4.33. The highest BCUT2D eigenvalue weighted by Gasteiger charge is 2.21. The van der Waals surface area contributed by atoms with Gasteiger partial charge in [-0.3, -0.25) is 9.11 Å². The van der Waals surface area contributed by atoms with Gasteiger partial charge in [0, 0.05) is 0 Å². The molecular weight excluding hydrogens is 564 g/mol. The molecule has 3 aromatic rings. The Labute approximate surface area is 221 Å². The van der Waals surface area contributed by atoms with Crippen LogP contribution in [0.2, 0.25) is 0 Å². The van der Waals surface area contributed by atoms with Gasteiger partial charge in [0.05, 0.1) is 0 Å². The molecule has 38 heavy (non-hydrogen) atoms. The Morgan fingerprint density at radius 1 is 0.711 bits per heavy atom. The molecule has 0 saturated carbocycles. The van der Waals surface area contributed by atoms with Gasteiger partial charge in [-0.15, -0.1) is 8.42 Å². The lowest BCUT2D eigenvalue weighted by molar-refractivity contribution is 0.364. The zero-order valence-corrected chi connectivity index (χ0v) is 22.5. The zero-order chi connectivity index (χ0) is 28.6. The number of hydrogen-bond donors (Lipinski definition) is 2. The van der Waals surface area contributed by atoms with Crippen LogP contribution in [0.25, 0.3) is 6.08 Å². The number of rotatable bonds is 10. The van der Waals surface area contributed by atoms with Crippen molar-refractivity contribution in [1.82, 2.24) is 0 Å². The minimum atomic E-state index is -4.85.